The third-order valence-electron chi connectivity index (χ3n) is 3.55. The van der Waals surface area contributed by atoms with E-state index in [1.165, 1.54) is 0 Å². The number of nitrogens with one attached hydrogen (secondary N) is 1. The van der Waals surface area contributed by atoms with Crippen molar-refractivity contribution in [2.24, 2.45) is 0 Å². The summed E-state index contributed by atoms with van der Waals surface area (Å²) in [4.78, 5) is 21.9. The summed E-state index contributed by atoms with van der Waals surface area (Å²) in [5.41, 5.74) is 0.217. The molecule has 1 amide bonds. The molecule has 0 fully saturated rings. The van der Waals surface area contributed by atoms with E-state index in [-0.39, 0.29) is 5.56 Å². The predicted molar refractivity (Wildman–Crippen MR) is 76.3 cm³/mol. The maximum Gasteiger partial charge on any atom is 0.268 e. The number of hydrogen-bond acceptors (Lipinski definition) is 4. The number of hydrogen-bond donors (Lipinski definition) is 2. The van der Waals surface area contributed by atoms with Gasteiger partial charge in [-0.25, -0.2) is 0 Å². The average molecular weight is 284 g/mol. The van der Waals surface area contributed by atoms with Crippen LogP contribution in [0.3, 0.4) is 0 Å². The van der Waals surface area contributed by atoms with Crippen LogP contribution >= 0.6 is 0 Å². The molecule has 0 bridgehead atoms. The number of amides is 1. The lowest BCUT2D eigenvalue weighted by Gasteiger charge is -2.16. The van der Waals surface area contributed by atoms with Gasteiger partial charge in [-0.3, -0.25) is 14.9 Å². The van der Waals surface area contributed by atoms with Crippen LogP contribution in [0.2, 0.25) is 0 Å². The molecule has 0 spiro atoms. The van der Waals surface area contributed by atoms with Crippen LogP contribution in [0, 0.1) is 10.1 Å². The first-order valence-electron chi connectivity index (χ1n) is 6.36. The van der Waals surface area contributed by atoms with Crippen LogP contribution in [0.15, 0.2) is 48.5 Å². The minimum atomic E-state index is -2.12. The first-order valence-corrected chi connectivity index (χ1v) is 6.36. The van der Waals surface area contributed by atoms with Crippen molar-refractivity contribution in [2.75, 3.05) is 11.9 Å². The summed E-state index contributed by atoms with van der Waals surface area (Å²) in [5.74, 6) is -0.764. The number of carbonyl (C=O) groups excluding carboxylic acids is 1. The molecule has 6 nitrogen and oxygen atoms in total. The maximum atomic E-state index is 11.9. The van der Waals surface area contributed by atoms with E-state index in [1.807, 2.05) is 30.3 Å². The molecule has 2 N–H and O–H groups in total. The van der Waals surface area contributed by atoms with Gasteiger partial charge >= 0.3 is 0 Å². The summed E-state index contributed by atoms with van der Waals surface area (Å²) < 4.78 is 0. The molecule has 3 rings (SSSR count). The second-order valence-corrected chi connectivity index (χ2v) is 4.93. The lowest BCUT2D eigenvalue weighted by atomic mass is 9.92. The average Bonchev–Trinajstić information content (AvgIpc) is 2.70. The van der Waals surface area contributed by atoms with Crippen LogP contribution in [0.4, 0.5) is 5.69 Å². The van der Waals surface area contributed by atoms with E-state index in [4.69, 9.17) is 0 Å². The van der Waals surface area contributed by atoms with E-state index in [0.717, 1.165) is 11.1 Å². The molecule has 106 valence electrons. The molecular weight excluding hydrogens is 272 g/mol. The molecule has 0 unspecified atom stereocenters. The van der Waals surface area contributed by atoms with Gasteiger partial charge in [0, 0.05) is 16.2 Å². The zero-order valence-corrected chi connectivity index (χ0v) is 10.9. The molecule has 0 radical (unpaired) electrons. The summed E-state index contributed by atoms with van der Waals surface area (Å²) in [5, 5.41) is 23.6. The Morgan fingerprint density at radius 1 is 1.14 bits per heavy atom. The van der Waals surface area contributed by atoms with Crippen LogP contribution in [0.1, 0.15) is 5.56 Å². The number of rotatable bonds is 3. The third-order valence-corrected chi connectivity index (χ3v) is 3.55. The number of anilines is 1. The second-order valence-electron chi connectivity index (χ2n) is 4.93. The number of aliphatic hydroxyl groups is 1. The van der Waals surface area contributed by atoms with Gasteiger partial charge in [0.2, 0.25) is 12.1 Å². The third kappa shape index (κ3) is 2.15. The molecule has 1 atom stereocenters. The summed E-state index contributed by atoms with van der Waals surface area (Å²) in [6.07, 6.45) is 0. The molecule has 1 aliphatic heterocycles. The smallest absolute Gasteiger partial charge is 0.268 e. The Labute approximate surface area is 120 Å². The molecule has 1 aliphatic rings. The largest absolute Gasteiger partial charge is 0.370 e. The Balaban J connectivity index is 2.10. The summed E-state index contributed by atoms with van der Waals surface area (Å²) in [6, 6.07) is 14.5. The number of fused-ring (bicyclic) bond motifs is 1. The Bertz CT molecular complexity index is 730. The summed E-state index contributed by atoms with van der Waals surface area (Å²) >= 11 is 0. The molecule has 6 heteroatoms. The van der Waals surface area contributed by atoms with Crippen molar-refractivity contribution in [3.8, 4) is 11.1 Å². The molecule has 0 saturated carbocycles. The fourth-order valence-electron chi connectivity index (χ4n) is 2.50. The molecular formula is C15H12N2O4. The molecule has 2 aromatic carbocycles. The van der Waals surface area contributed by atoms with Crippen LogP contribution in [0.25, 0.3) is 11.1 Å². The SMILES string of the molecule is O=C1Nc2ccc(-c3ccccc3)cc2[C@]1(O)C[N+](=O)[O-]. The fraction of sp³-hybridized carbons (Fsp3) is 0.133. The van der Waals surface area contributed by atoms with E-state index >= 15 is 0 Å². The highest BCUT2D eigenvalue weighted by atomic mass is 16.6. The Hall–Kier alpha value is -2.73. The van der Waals surface area contributed by atoms with Gasteiger partial charge in [0.25, 0.3) is 5.91 Å². The highest BCUT2D eigenvalue weighted by molar-refractivity contribution is 6.05. The van der Waals surface area contributed by atoms with Crippen LogP contribution < -0.4 is 5.32 Å². The highest BCUT2D eigenvalue weighted by Crippen LogP contribution is 2.38. The van der Waals surface area contributed by atoms with Crippen molar-refractivity contribution in [3.63, 3.8) is 0 Å². The Morgan fingerprint density at radius 3 is 2.52 bits per heavy atom. The van der Waals surface area contributed by atoms with E-state index in [9.17, 15) is 20.0 Å². The zero-order valence-electron chi connectivity index (χ0n) is 10.9. The minimum Gasteiger partial charge on any atom is -0.370 e. The molecule has 2 aromatic rings. The van der Waals surface area contributed by atoms with Crippen molar-refractivity contribution >= 4 is 11.6 Å². The number of nitro groups is 1. The van der Waals surface area contributed by atoms with Crippen LogP contribution in [0.5, 0.6) is 0 Å². The molecule has 0 saturated heterocycles. The van der Waals surface area contributed by atoms with Gasteiger partial charge in [0.05, 0.1) is 0 Å². The van der Waals surface area contributed by atoms with Gasteiger partial charge in [-0.15, -0.1) is 0 Å². The lowest BCUT2D eigenvalue weighted by Crippen LogP contribution is -2.40. The summed E-state index contributed by atoms with van der Waals surface area (Å²) in [6.45, 7) is -0.857. The number of benzene rings is 2. The Morgan fingerprint density at radius 2 is 1.86 bits per heavy atom. The van der Waals surface area contributed by atoms with Gasteiger partial charge in [-0.1, -0.05) is 36.4 Å². The molecule has 0 aliphatic carbocycles. The van der Waals surface area contributed by atoms with Gasteiger partial charge in [-0.2, -0.15) is 0 Å². The topological polar surface area (TPSA) is 92.5 Å². The van der Waals surface area contributed by atoms with Gasteiger partial charge < -0.3 is 10.4 Å². The standard InChI is InChI=1S/C15H12N2O4/c18-14-15(19,9-17(20)21)12-8-11(6-7-13(12)16-14)10-4-2-1-3-5-10/h1-8,19H,9H2,(H,16,18)/t15-/m1/s1. The van der Waals surface area contributed by atoms with Crippen molar-refractivity contribution in [2.45, 2.75) is 5.60 Å². The lowest BCUT2D eigenvalue weighted by molar-refractivity contribution is -0.498. The highest BCUT2D eigenvalue weighted by Gasteiger charge is 2.49. The number of carbonyl (C=O) groups is 1. The monoisotopic (exact) mass is 284 g/mol. The van der Waals surface area contributed by atoms with Gasteiger partial charge in [-0.05, 0) is 23.3 Å². The van der Waals surface area contributed by atoms with Crippen molar-refractivity contribution in [1.82, 2.24) is 0 Å². The van der Waals surface area contributed by atoms with Crippen LogP contribution in [-0.2, 0) is 10.4 Å². The second kappa shape index (κ2) is 4.68. The fourth-order valence-corrected chi connectivity index (χ4v) is 2.50. The number of nitrogens with zero attached hydrogens (tertiary/aromatic N) is 1. The van der Waals surface area contributed by atoms with E-state index < -0.39 is 23.0 Å². The van der Waals surface area contributed by atoms with Crippen LogP contribution in [-0.4, -0.2) is 22.5 Å². The van der Waals surface area contributed by atoms with Crippen molar-refractivity contribution in [1.29, 1.82) is 0 Å². The molecule has 1 heterocycles. The minimum absolute atomic E-state index is 0.241. The summed E-state index contributed by atoms with van der Waals surface area (Å²) in [7, 11) is 0. The predicted octanol–water partition coefficient (Wildman–Crippen LogP) is 1.77. The molecule has 0 aromatic heterocycles. The van der Waals surface area contributed by atoms with Crippen molar-refractivity contribution < 1.29 is 14.8 Å². The first-order chi connectivity index (χ1) is 10.0. The zero-order chi connectivity index (χ0) is 15.0. The quantitative estimate of drug-likeness (QED) is 0.663. The van der Waals surface area contributed by atoms with E-state index in [2.05, 4.69) is 5.32 Å². The molecule has 21 heavy (non-hydrogen) atoms. The Kier molecular flexibility index (Phi) is 2.95. The normalized spacial score (nSPS) is 20.0. The van der Waals surface area contributed by atoms with E-state index in [0.29, 0.717) is 5.69 Å². The van der Waals surface area contributed by atoms with Gasteiger partial charge in [0.1, 0.15) is 0 Å². The van der Waals surface area contributed by atoms with E-state index in [1.54, 1.807) is 18.2 Å². The van der Waals surface area contributed by atoms with Gasteiger partial charge in [0.15, 0.2) is 0 Å². The first kappa shape index (κ1) is 13.3. The van der Waals surface area contributed by atoms with Crippen molar-refractivity contribution in [3.05, 3.63) is 64.2 Å². The maximum absolute atomic E-state index is 11.9.